The van der Waals surface area contributed by atoms with Gasteiger partial charge in [0.15, 0.2) is 0 Å². The Hall–Kier alpha value is -0.120. The van der Waals surface area contributed by atoms with Gasteiger partial charge in [0.25, 0.3) is 0 Å². The van der Waals surface area contributed by atoms with Gasteiger partial charge in [0.2, 0.25) is 0 Å². The van der Waals surface area contributed by atoms with Crippen LogP contribution in [-0.2, 0) is 4.74 Å². The summed E-state index contributed by atoms with van der Waals surface area (Å²) in [4.78, 5) is 2.57. The fourth-order valence-electron chi connectivity index (χ4n) is 2.32. The van der Waals surface area contributed by atoms with Crippen molar-refractivity contribution < 1.29 is 4.74 Å². The van der Waals surface area contributed by atoms with Gasteiger partial charge < -0.3 is 10.1 Å². The SMILES string of the molecule is CCOCC(C)N1CCCNC(C(C)(C)C)C1. The van der Waals surface area contributed by atoms with E-state index in [1.165, 1.54) is 13.0 Å². The minimum Gasteiger partial charge on any atom is -0.380 e. The van der Waals surface area contributed by atoms with E-state index in [4.69, 9.17) is 4.74 Å². The van der Waals surface area contributed by atoms with Gasteiger partial charge in [0, 0.05) is 25.2 Å². The van der Waals surface area contributed by atoms with E-state index in [0.29, 0.717) is 17.5 Å². The van der Waals surface area contributed by atoms with Crippen molar-refractivity contribution in [2.75, 3.05) is 32.8 Å². The van der Waals surface area contributed by atoms with Crippen LogP contribution in [0.25, 0.3) is 0 Å². The molecule has 102 valence electrons. The number of nitrogens with zero attached hydrogens (tertiary/aromatic N) is 1. The topological polar surface area (TPSA) is 24.5 Å². The highest BCUT2D eigenvalue weighted by molar-refractivity contribution is 4.87. The van der Waals surface area contributed by atoms with E-state index in [9.17, 15) is 0 Å². The lowest BCUT2D eigenvalue weighted by atomic mass is 9.86. The lowest BCUT2D eigenvalue weighted by Crippen LogP contribution is -2.49. The summed E-state index contributed by atoms with van der Waals surface area (Å²) in [5.41, 5.74) is 0.327. The van der Waals surface area contributed by atoms with Crippen molar-refractivity contribution >= 4 is 0 Å². The van der Waals surface area contributed by atoms with E-state index in [-0.39, 0.29) is 0 Å². The Bertz CT molecular complexity index is 213. The zero-order chi connectivity index (χ0) is 12.9. The Labute approximate surface area is 107 Å². The number of nitrogens with one attached hydrogen (secondary N) is 1. The highest BCUT2D eigenvalue weighted by Crippen LogP contribution is 2.22. The Morgan fingerprint density at radius 1 is 1.41 bits per heavy atom. The Balaban J connectivity index is 2.53. The van der Waals surface area contributed by atoms with Crippen molar-refractivity contribution in [1.29, 1.82) is 0 Å². The van der Waals surface area contributed by atoms with Crippen LogP contribution in [0, 0.1) is 5.41 Å². The summed E-state index contributed by atoms with van der Waals surface area (Å²) in [5, 5.41) is 3.68. The fraction of sp³-hybridized carbons (Fsp3) is 1.00. The molecule has 0 amide bonds. The molecule has 0 aromatic rings. The van der Waals surface area contributed by atoms with E-state index in [0.717, 1.165) is 26.3 Å². The Morgan fingerprint density at radius 3 is 2.71 bits per heavy atom. The second kappa shape index (κ2) is 6.72. The summed E-state index contributed by atoms with van der Waals surface area (Å²) < 4.78 is 5.55. The summed E-state index contributed by atoms with van der Waals surface area (Å²) in [6.45, 7) is 16.4. The monoisotopic (exact) mass is 242 g/mol. The van der Waals surface area contributed by atoms with Gasteiger partial charge in [-0.25, -0.2) is 0 Å². The molecule has 0 bridgehead atoms. The van der Waals surface area contributed by atoms with Crippen LogP contribution in [-0.4, -0.2) is 49.8 Å². The second-order valence-corrected chi connectivity index (χ2v) is 6.23. The summed E-state index contributed by atoms with van der Waals surface area (Å²) in [6, 6.07) is 1.11. The van der Waals surface area contributed by atoms with Crippen LogP contribution in [0.3, 0.4) is 0 Å². The maximum atomic E-state index is 5.55. The van der Waals surface area contributed by atoms with E-state index in [2.05, 4.69) is 44.8 Å². The van der Waals surface area contributed by atoms with Crippen LogP contribution in [0.1, 0.15) is 41.0 Å². The molecule has 0 aliphatic carbocycles. The minimum absolute atomic E-state index is 0.327. The third-order valence-corrected chi connectivity index (χ3v) is 3.66. The first kappa shape index (κ1) is 14.9. The van der Waals surface area contributed by atoms with Gasteiger partial charge in [-0.15, -0.1) is 0 Å². The first-order chi connectivity index (χ1) is 7.95. The smallest absolute Gasteiger partial charge is 0.0619 e. The van der Waals surface area contributed by atoms with Crippen molar-refractivity contribution in [2.45, 2.75) is 53.1 Å². The number of ether oxygens (including phenoxy) is 1. The van der Waals surface area contributed by atoms with Crippen LogP contribution in [0.5, 0.6) is 0 Å². The van der Waals surface area contributed by atoms with Crippen LogP contribution in [0.15, 0.2) is 0 Å². The lowest BCUT2D eigenvalue weighted by Gasteiger charge is -2.36. The molecular weight excluding hydrogens is 212 g/mol. The minimum atomic E-state index is 0.327. The van der Waals surface area contributed by atoms with Crippen molar-refractivity contribution in [3.8, 4) is 0 Å². The molecule has 1 heterocycles. The Kier molecular flexibility index (Phi) is 5.90. The van der Waals surface area contributed by atoms with Gasteiger partial charge in [-0.3, -0.25) is 4.90 Å². The predicted octanol–water partition coefficient (Wildman–Crippen LogP) is 2.12. The molecule has 17 heavy (non-hydrogen) atoms. The van der Waals surface area contributed by atoms with Crippen LogP contribution < -0.4 is 5.32 Å². The normalized spacial score (nSPS) is 25.6. The molecule has 1 saturated heterocycles. The molecule has 0 aromatic carbocycles. The second-order valence-electron chi connectivity index (χ2n) is 6.23. The van der Waals surface area contributed by atoms with Gasteiger partial charge >= 0.3 is 0 Å². The molecular formula is C14H30N2O. The zero-order valence-electron chi connectivity index (χ0n) is 12.3. The van der Waals surface area contributed by atoms with E-state index in [1.54, 1.807) is 0 Å². The van der Waals surface area contributed by atoms with Crippen LogP contribution in [0.4, 0.5) is 0 Å². The molecule has 1 aliphatic rings. The number of hydrogen-bond acceptors (Lipinski definition) is 3. The van der Waals surface area contributed by atoms with Gasteiger partial charge in [-0.05, 0) is 38.8 Å². The lowest BCUT2D eigenvalue weighted by molar-refractivity contribution is 0.0654. The van der Waals surface area contributed by atoms with Crippen LogP contribution in [0.2, 0.25) is 0 Å². The van der Waals surface area contributed by atoms with E-state index in [1.807, 2.05) is 0 Å². The molecule has 1 N–H and O–H groups in total. The van der Waals surface area contributed by atoms with Crippen molar-refractivity contribution in [2.24, 2.45) is 5.41 Å². The third kappa shape index (κ3) is 4.94. The number of rotatable bonds is 4. The summed E-state index contributed by atoms with van der Waals surface area (Å²) in [6.07, 6.45) is 1.24. The molecule has 0 radical (unpaired) electrons. The highest BCUT2D eigenvalue weighted by Gasteiger charge is 2.29. The summed E-state index contributed by atoms with van der Waals surface area (Å²) >= 11 is 0. The number of hydrogen-bond donors (Lipinski definition) is 1. The molecule has 0 spiro atoms. The van der Waals surface area contributed by atoms with Gasteiger partial charge in [0.1, 0.15) is 0 Å². The molecule has 1 fully saturated rings. The zero-order valence-corrected chi connectivity index (χ0v) is 12.3. The van der Waals surface area contributed by atoms with Gasteiger partial charge in [0.05, 0.1) is 6.61 Å². The van der Waals surface area contributed by atoms with E-state index < -0.39 is 0 Å². The average molecular weight is 242 g/mol. The largest absolute Gasteiger partial charge is 0.380 e. The van der Waals surface area contributed by atoms with Crippen molar-refractivity contribution in [3.63, 3.8) is 0 Å². The van der Waals surface area contributed by atoms with Crippen LogP contribution >= 0.6 is 0 Å². The molecule has 0 saturated carbocycles. The van der Waals surface area contributed by atoms with Gasteiger partial charge in [-0.2, -0.15) is 0 Å². The quantitative estimate of drug-likeness (QED) is 0.817. The molecule has 0 aromatic heterocycles. The Morgan fingerprint density at radius 2 is 2.12 bits per heavy atom. The first-order valence-electron chi connectivity index (χ1n) is 7.00. The predicted molar refractivity (Wildman–Crippen MR) is 73.4 cm³/mol. The summed E-state index contributed by atoms with van der Waals surface area (Å²) in [7, 11) is 0. The highest BCUT2D eigenvalue weighted by atomic mass is 16.5. The maximum absolute atomic E-state index is 5.55. The van der Waals surface area contributed by atoms with E-state index >= 15 is 0 Å². The first-order valence-corrected chi connectivity index (χ1v) is 7.00. The van der Waals surface area contributed by atoms with Gasteiger partial charge in [-0.1, -0.05) is 20.8 Å². The fourth-order valence-corrected chi connectivity index (χ4v) is 2.32. The molecule has 1 aliphatic heterocycles. The third-order valence-electron chi connectivity index (χ3n) is 3.66. The standard InChI is InChI=1S/C14H30N2O/c1-6-17-11-12(2)16-9-7-8-15-13(10-16)14(3,4)5/h12-13,15H,6-11H2,1-5H3. The molecule has 1 rings (SSSR count). The molecule has 2 unspecified atom stereocenters. The summed E-state index contributed by atoms with van der Waals surface area (Å²) in [5.74, 6) is 0. The average Bonchev–Trinajstić information content (AvgIpc) is 2.50. The van der Waals surface area contributed by atoms with Crippen molar-refractivity contribution in [1.82, 2.24) is 10.2 Å². The van der Waals surface area contributed by atoms with Crippen molar-refractivity contribution in [3.05, 3.63) is 0 Å². The molecule has 3 heteroatoms. The molecule has 3 nitrogen and oxygen atoms in total. The maximum Gasteiger partial charge on any atom is 0.0619 e. The molecule has 2 atom stereocenters.